The van der Waals surface area contributed by atoms with Crippen LogP contribution in [0.3, 0.4) is 0 Å². The molecule has 3 aromatic rings. The summed E-state index contributed by atoms with van der Waals surface area (Å²) in [4.78, 5) is 12.5. The lowest BCUT2D eigenvalue weighted by Gasteiger charge is -2.07. The molecule has 1 aromatic heterocycles. The monoisotopic (exact) mass is 383 g/mol. The van der Waals surface area contributed by atoms with Crippen LogP contribution in [-0.4, -0.2) is 15.7 Å². The molecular weight excluding hydrogens is 366 g/mol. The van der Waals surface area contributed by atoms with Crippen LogP contribution in [0.15, 0.2) is 59.2 Å². The lowest BCUT2D eigenvalue weighted by molar-refractivity contribution is 0.0950. The van der Waals surface area contributed by atoms with E-state index in [1.807, 2.05) is 56.3 Å². The van der Waals surface area contributed by atoms with Crippen molar-refractivity contribution in [1.29, 1.82) is 0 Å². The number of aryl methyl sites for hydroxylation is 1. The summed E-state index contributed by atoms with van der Waals surface area (Å²) in [5.41, 5.74) is 4.60. The molecule has 1 amide bonds. The molecule has 0 spiro atoms. The lowest BCUT2D eigenvalue weighted by atomic mass is 10.1. The average Bonchev–Trinajstić information content (AvgIpc) is 2.95. The van der Waals surface area contributed by atoms with E-state index in [2.05, 4.69) is 32.4 Å². The molecule has 5 heteroatoms. The van der Waals surface area contributed by atoms with E-state index in [1.165, 1.54) is 5.56 Å². The molecule has 3 rings (SSSR count). The topological polar surface area (TPSA) is 46.9 Å². The number of carbonyl (C=O) groups is 1. The largest absolute Gasteiger partial charge is 0.348 e. The number of nitrogens with zero attached hydrogens (tertiary/aromatic N) is 2. The van der Waals surface area contributed by atoms with Gasteiger partial charge in [0.1, 0.15) is 0 Å². The molecule has 24 heavy (non-hydrogen) atoms. The summed E-state index contributed by atoms with van der Waals surface area (Å²) in [7, 11) is 0. The highest BCUT2D eigenvalue weighted by Crippen LogP contribution is 2.17. The third-order valence-corrected chi connectivity index (χ3v) is 4.39. The molecule has 0 unspecified atom stereocenters. The highest BCUT2D eigenvalue weighted by molar-refractivity contribution is 9.10. The summed E-state index contributed by atoms with van der Waals surface area (Å²) in [5, 5.41) is 7.30. The van der Waals surface area contributed by atoms with Gasteiger partial charge in [0.15, 0.2) is 0 Å². The maximum atomic E-state index is 12.5. The van der Waals surface area contributed by atoms with Gasteiger partial charge in [-0.25, -0.2) is 4.68 Å². The molecule has 0 atom stereocenters. The van der Waals surface area contributed by atoms with Crippen molar-refractivity contribution < 1.29 is 4.79 Å². The molecule has 0 aliphatic carbocycles. The number of aromatic nitrogens is 2. The Balaban J connectivity index is 1.75. The number of hydrogen-bond acceptors (Lipinski definition) is 2. The molecule has 2 aromatic carbocycles. The van der Waals surface area contributed by atoms with Crippen molar-refractivity contribution in [2.75, 3.05) is 0 Å². The molecule has 0 radical (unpaired) electrons. The Morgan fingerprint density at radius 2 is 1.92 bits per heavy atom. The van der Waals surface area contributed by atoms with Crippen molar-refractivity contribution in [2.45, 2.75) is 20.4 Å². The maximum absolute atomic E-state index is 12.5. The minimum absolute atomic E-state index is 0.114. The van der Waals surface area contributed by atoms with Gasteiger partial charge in [0, 0.05) is 11.0 Å². The minimum Gasteiger partial charge on any atom is -0.348 e. The van der Waals surface area contributed by atoms with Crippen LogP contribution in [0.5, 0.6) is 0 Å². The van der Waals surface area contributed by atoms with Crippen LogP contribution < -0.4 is 5.32 Å². The van der Waals surface area contributed by atoms with Crippen molar-refractivity contribution in [3.05, 3.63) is 81.6 Å². The number of benzene rings is 2. The lowest BCUT2D eigenvalue weighted by Crippen LogP contribution is -2.23. The predicted octanol–water partition coefficient (Wildman–Crippen LogP) is 4.18. The number of amides is 1. The SMILES string of the molecule is Cc1cccc(CNC(=O)c2cnn(-c3ccc(Br)cc3)c2C)c1. The molecule has 0 bridgehead atoms. The number of nitrogens with one attached hydrogen (secondary N) is 1. The fraction of sp³-hybridized carbons (Fsp3) is 0.158. The van der Waals surface area contributed by atoms with E-state index in [0.29, 0.717) is 12.1 Å². The Morgan fingerprint density at radius 3 is 2.62 bits per heavy atom. The average molecular weight is 384 g/mol. The molecule has 1 heterocycles. The molecule has 0 saturated heterocycles. The quantitative estimate of drug-likeness (QED) is 0.734. The van der Waals surface area contributed by atoms with Gasteiger partial charge in [-0.05, 0) is 43.7 Å². The maximum Gasteiger partial charge on any atom is 0.255 e. The molecule has 0 fully saturated rings. The second-order valence-electron chi connectivity index (χ2n) is 5.70. The zero-order valence-corrected chi connectivity index (χ0v) is 15.2. The molecule has 122 valence electrons. The van der Waals surface area contributed by atoms with E-state index in [1.54, 1.807) is 10.9 Å². The molecule has 4 nitrogen and oxygen atoms in total. The van der Waals surface area contributed by atoms with Gasteiger partial charge in [-0.3, -0.25) is 4.79 Å². The summed E-state index contributed by atoms with van der Waals surface area (Å²) in [6.45, 7) is 4.44. The zero-order chi connectivity index (χ0) is 17.1. The minimum atomic E-state index is -0.114. The van der Waals surface area contributed by atoms with E-state index in [9.17, 15) is 4.79 Å². The van der Waals surface area contributed by atoms with Crippen LogP contribution in [-0.2, 0) is 6.54 Å². The molecule has 0 aliphatic rings. The highest BCUT2D eigenvalue weighted by Gasteiger charge is 2.14. The Morgan fingerprint density at radius 1 is 1.17 bits per heavy atom. The van der Waals surface area contributed by atoms with Crippen LogP contribution in [0.25, 0.3) is 5.69 Å². The van der Waals surface area contributed by atoms with Crippen molar-refractivity contribution in [3.63, 3.8) is 0 Å². The van der Waals surface area contributed by atoms with Crippen LogP contribution >= 0.6 is 15.9 Å². The van der Waals surface area contributed by atoms with E-state index >= 15 is 0 Å². The Labute approximate surface area is 149 Å². The first-order valence-electron chi connectivity index (χ1n) is 7.69. The number of hydrogen-bond donors (Lipinski definition) is 1. The number of rotatable bonds is 4. The van der Waals surface area contributed by atoms with Gasteiger partial charge >= 0.3 is 0 Å². The Bertz CT molecular complexity index is 869. The van der Waals surface area contributed by atoms with Gasteiger partial charge < -0.3 is 5.32 Å². The fourth-order valence-corrected chi connectivity index (χ4v) is 2.84. The summed E-state index contributed by atoms with van der Waals surface area (Å²) in [6, 6.07) is 15.9. The van der Waals surface area contributed by atoms with E-state index < -0.39 is 0 Å². The molecule has 0 aliphatic heterocycles. The molecular formula is C19H18BrN3O. The normalized spacial score (nSPS) is 10.6. The first kappa shape index (κ1) is 16.5. The van der Waals surface area contributed by atoms with Gasteiger partial charge in [-0.1, -0.05) is 45.8 Å². The Kier molecular flexibility index (Phi) is 4.81. The predicted molar refractivity (Wildman–Crippen MR) is 98.4 cm³/mol. The van der Waals surface area contributed by atoms with Crippen molar-refractivity contribution in [2.24, 2.45) is 0 Å². The summed E-state index contributed by atoms with van der Waals surface area (Å²) >= 11 is 3.42. The number of carbonyl (C=O) groups excluding carboxylic acids is 1. The van der Waals surface area contributed by atoms with Crippen LogP contribution in [0.2, 0.25) is 0 Å². The second kappa shape index (κ2) is 7.01. The van der Waals surface area contributed by atoms with E-state index in [0.717, 1.165) is 21.4 Å². The first-order chi connectivity index (χ1) is 11.5. The van der Waals surface area contributed by atoms with Gasteiger partial charge in [-0.15, -0.1) is 0 Å². The smallest absolute Gasteiger partial charge is 0.255 e. The van der Waals surface area contributed by atoms with Crippen LogP contribution in [0.4, 0.5) is 0 Å². The first-order valence-corrected chi connectivity index (χ1v) is 8.48. The summed E-state index contributed by atoms with van der Waals surface area (Å²) < 4.78 is 2.78. The fourth-order valence-electron chi connectivity index (χ4n) is 2.57. The van der Waals surface area contributed by atoms with Crippen molar-refractivity contribution in [3.8, 4) is 5.69 Å². The van der Waals surface area contributed by atoms with Gasteiger partial charge in [0.2, 0.25) is 0 Å². The molecule has 0 saturated carbocycles. The van der Waals surface area contributed by atoms with E-state index in [-0.39, 0.29) is 5.91 Å². The standard InChI is InChI=1S/C19H18BrN3O/c1-13-4-3-5-15(10-13)11-21-19(24)18-12-22-23(14(18)2)17-8-6-16(20)7-9-17/h3-10,12H,11H2,1-2H3,(H,21,24). The van der Waals surface area contributed by atoms with Gasteiger partial charge in [0.25, 0.3) is 5.91 Å². The third-order valence-electron chi connectivity index (χ3n) is 3.86. The zero-order valence-electron chi connectivity index (χ0n) is 13.6. The third kappa shape index (κ3) is 3.57. The van der Waals surface area contributed by atoms with Gasteiger partial charge in [-0.2, -0.15) is 5.10 Å². The van der Waals surface area contributed by atoms with Crippen LogP contribution in [0.1, 0.15) is 27.2 Å². The van der Waals surface area contributed by atoms with Crippen molar-refractivity contribution in [1.82, 2.24) is 15.1 Å². The Hall–Kier alpha value is -2.40. The van der Waals surface area contributed by atoms with Gasteiger partial charge in [0.05, 0.1) is 23.1 Å². The molecule has 1 N–H and O–H groups in total. The van der Waals surface area contributed by atoms with E-state index in [4.69, 9.17) is 0 Å². The summed E-state index contributed by atoms with van der Waals surface area (Å²) in [6.07, 6.45) is 1.61. The number of halogens is 1. The van der Waals surface area contributed by atoms with Crippen LogP contribution in [0, 0.1) is 13.8 Å². The second-order valence-corrected chi connectivity index (χ2v) is 6.62. The highest BCUT2D eigenvalue weighted by atomic mass is 79.9. The summed E-state index contributed by atoms with van der Waals surface area (Å²) in [5.74, 6) is -0.114. The van der Waals surface area contributed by atoms with Crippen molar-refractivity contribution >= 4 is 21.8 Å².